The van der Waals surface area contributed by atoms with Crippen molar-refractivity contribution in [1.29, 1.82) is 0 Å². The number of benzene rings is 2. The van der Waals surface area contributed by atoms with Crippen molar-refractivity contribution in [1.82, 2.24) is 9.55 Å². The normalized spacial score (nSPS) is 20.2. The predicted octanol–water partition coefficient (Wildman–Crippen LogP) is 4.52. The molecule has 1 fully saturated rings. The summed E-state index contributed by atoms with van der Waals surface area (Å²) in [6.45, 7) is 9.39. The maximum Gasteiger partial charge on any atom is 0.338 e. The van der Waals surface area contributed by atoms with Gasteiger partial charge in [-0.05, 0) is 42.4 Å². The van der Waals surface area contributed by atoms with Gasteiger partial charge < -0.3 is 18.6 Å². The minimum absolute atomic E-state index is 0.260. The molecule has 1 saturated heterocycles. The molecule has 2 heterocycles. The Morgan fingerprint density at radius 1 is 0.929 bits per heavy atom. The van der Waals surface area contributed by atoms with Crippen LogP contribution < -0.4 is 11.2 Å². The van der Waals surface area contributed by atoms with Crippen LogP contribution in [0.25, 0.3) is 0 Å². The number of nitrogens with one attached hydrogen (secondary N) is 1. The maximum atomic E-state index is 13.0. The van der Waals surface area contributed by atoms with Crippen molar-refractivity contribution in [3.8, 4) is 0 Å². The van der Waals surface area contributed by atoms with Gasteiger partial charge in [0.25, 0.3) is 5.56 Å². The van der Waals surface area contributed by atoms with E-state index in [1.165, 1.54) is 12.3 Å². The van der Waals surface area contributed by atoms with Crippen molar-refractivity contribution in [2.45, 2.75) is 62.2 Å². The molecule has 0 saturated carbocycles. The molecule has 0 spiro atoms. The van der Waals surface area contributed by atoms with Gasteiger partial charge in [-0.2, -0.15) is 0 Å². The topological polar surface area (TPSA) is 126 Å². The number of ether oxygens (including phenoxy) is 3. The lowest BCUT2D eigenvalue weighted by Crippen LogP contribution is -2.57. The number of aromatic nitrogens is 2. The molecule has 4 rings (SSSR count). The van der Waals surface area contributed by atoms with Gasteiger partial charge in [0.2, 0.25) is 0 Å². The number of H-pyrrole nitrogens is 1. The predicted molar refractivity (Wildman–Crippen MR) is 159 cm³/mol. The molecule has 3 atom stereocenters. The third-order valence-electron chi connectivity index (χ3n) is 7.70. The first kappa shape index (κ1) is 31.4. The Morgan fingerprint density at radius 2 is 1.43 bits per heavy atom. The van der Waals surface area contributed by atoms with E-state index in [4.69, 9.17) is 30.2 Å². The van der Waals surface area contributed by atoms with E-state index in [1.54, 1.807) is 60.7 Å². The molecule has 0 amide bonds. The van der Waals surface area contributed by atoms with Crippen molar-refractivity contribution in [3.63, 3.8) is 0 Å². The molecular weight excluding hydrogens is 580 g/mol. The van der Waals surface area contributed by atoms with E-state index in [2.05, 4.69) is 25.8 Å². The van der Waals surface area contributed by atoms with Crippen molar-refractivity contribution in [2.24, 2.45) is 0 Å². The molecular formula is C30H35ClN2O8Si. The highest BCUT2D eigenvalue weighted by Crippen LogP contribution is 2.47. The van der Waals surface area contributed by atoms with Crippen molar-refractivity contribution in [3.05, 3.63) is 105 Å². The van der Waals surface area contributed by atoms with Crippen molar-refractivity contribution in [2.75, 3.05) is 13.2 Å². The molecule has 0 bridgehead atoms. The van der Waals surface area contributed by atoms with Crippen LogP contribution in [0.1, 0.15) is 47.7 Å². The van der Waals surface area contributed by atoms with Gasteiger partial charge in [0.05, 0.1) is 11.1 Å². The average Bonchev–Trinajstić information content (AvgIpc) is 3.21. The highest BCUT2D eigenvalue weighted by Gasteiger charge is 2.60. The molecule has 0 aliphatic carbocycles. The van der Waals surface area contributed by atoms with E-state index in [-0.39, 0.29) is 5.04 Å². The second-order valence-corrected chi connectivity index (χ2v) is 17.0. The molecule has 1 aromatic heterocycles. The van der Waals surface area contributed by atoms with Crippen LogP contribution in [0.5, 0.6) is 0 Å². The zero-order chi connectivity index (χ0) is 30.7. The van der Waals surface area contributed by atoms with Crippen LogP contribution in [-0.4, -0.2) is 60.1 Å². The first-order chi connectivity index (χ1) is 19.7. The number of nitrogens with zero attached hydrogens (tertiary/aromatic N) is 1. The van der Waals surface area contributed by atoms with Gasteiger partial charge in [0.1, 0.15) is 24.7 Å². The Morgan fingerprint density at radius 3 is 1.88 bits per heavy atom. The largest absolute Gasteiger partial charge is 0.459 e. The minimum atomic E-state index is -2.58. The molecule has 1 aliphatic rings. The van der Waals surface area contributed by atoms with E-state index in [9.17, 15) is 19.2 Å². The van der Waals surface area contributed by atoms with E-state index < -0.39 is 68.0 Å². The van der Waals surface area contributed by atoms with E-state index in [0.717, 1.165) is 4.57 Å². The number of carbonyl (C=O) groups is 2. The fraction of sp³-hybridized carbons (Fsp3) is 0.400. The van der Waals surface area contributed by atoms with Crippen LogP contribution in [-0.2, 0) is 18.6 Å². The Bertz CT molecular complexity index is 1460. The van der Waals surface area contributed by atoms with Crippen LogP contribution in [0.15, 0.2) is 82.5 Å². The standard InChI is InChI=1S/C30H35ClN2O8Si/c1-29(2,3)42(4,5)41-24-23(31)25(33-17-16-22(34)32-28(33)37)40-30(24,18-38-26(35)20-12-8-6-9-13-20)19-39-27(36)21-14-10-7-11-15-21/h6-17,23-25H,18-19H2,1-5H3,(H,32,34,37)/t23-,24?,25-/m1/s1. The molecule has 1 aliphatic heterocycles. The number of halogens is 1. The number of rotatable bonds is 9. The first-order valence-corrected chi connectivity index (χ1v) is 16.8. The molecule has 12 heteroatoms. The third kappa shape index (κ3) is 6.75. The summed E-state index contributed by atoms with van der Waals surface area (Å²) < 4.78 is 25.9. The number of hydrogen-bond acceptors (Lipinski definition) is 8. The van der Waals surface area contributed by atoms with E-state index in [1.807, 2.05) is 13.1 Å². The molecule has 1 unspecified atom stereocenters. The van der Waals surface area contributed by atoms with Crippen LogP contribution in [0.3, 0.4) is 0 Å². The molecule has 1 N–H and O–H groups in total. The highest BCUT2D eigenvalue weighted by molar-refractivity contribution is 6.74. The number of alkyl halides is 1. The minimum Gasteiger partial charge on any atom is -0.459 e. The Hall–Kier alpha value is -3.51. The van der Waals surface area contributed by atoms with E-state index >= 15 is 0 Å². The molecule has 224 valence electrons. The summed E-state index contributed by atoms with van der Waals surface area (Å²) in [5, 5.41) is -1.27. The summed E-state index contributed by atoms with van der Waals surface area (Å²) in [4.78, 5) is 52.9. The van der Waals surface area contributed by atoms with Crippen LogP contribution in [0, 0.1) is 0 Å². The van der Waals surface area contributed by atoms with Gasteiger partial charge in [-0.3, -0.25) is 14.3 Å². The van der Waals surface area contributed by atoms with Crippen LogP contribution >= 0.6 is 11.6 Å². The van der Waals surface area contributed by atoms with Gasteiger partial charge in [-0.25, -0.2) is 14.4 Å². The highest BCUT2D eigenvalue weighted by atomic mass is 35.5. The lowest BCUT2D eigenvalue weighted by atomic mass is 9.98. The van der Waals surface area contributed by atoms with Crippen LogP contribution in [0.2, 0.25) is 18.1 Å². The van der Waals surface area contributed by atoms with Crippen LogP contribution in [0.4, 0.5) is 0 Å². The third-order valence-corrected chi connectivity index (χ3v) is 12.6. The van der Waals surface area contributed by atoms with Gasteiger partial charge in [-0.15, -0.1) is 11.6 Å². The Balaban J connectivity index is 1.77. The van der Waals surface area contributed by atoms with Crippen molar-refractivity contribution >= 4 is 31.9 Å². The Kier molecular flexibility index (Phi) is 9.26. The second kappa shape index (κ2) is 12.4. The van der Waals surface area contributed by atoms with E-state index in [0.29, 0.717) is 11.1 Å². The van der Waals surface area contributed by atoms with Gasteiger partial charge in [-0.1, -0.05) is 57.2 Å². The fourth-order valence-electron chi connectivity index (χ4n) is 4.28. The lowest BCUT2D eigenvalue weighted by molar-refractivity contribution is -0.150. The molecule has 0 radical (unpaired) electrons. The summed E-state index contributed by atoms with van der Waals surface area (Å²) in [6, 6.07) is 18.0. The molecule has 42 heavy (non-hydrogen) atoms. The first-order valence-electron chi connectivity index (χ1n) is 13.5. The smallest absolute Gasteiger partial charge is 0.338 e. The number of carbonyl (C=O) groups excluding carboxylic acids is 2. The average molecular weight is 615 g/mol. The summed E-state index contributed by atoms with van der Waals surface area (Å²) >= 11 is 7.04. The zero-order valence-corrected chi connectivity index (χ0v) is 25.9. The van der Waals surface area contributed by atoms with Gasteiger partial charge in [0, 0.05) is 12.3 Å². The number of aromatic amines is 1. The SMILES string of the molecule is CC(C)(C)[Si](C)(C)OC1[C@@H](Cl)[C@H](n2ccc(=O)[nH]c2=O)OC1(COC(=O)c1ccccc1)COC(=O)c1ccccc1. The van der Waals surface area contributed by atoms with Gasteiger partial charge >= 0.3 is 17.6 Å². The summed E-state index contributed by atoms with van der Waals surface area (Å²) in [5.41, 5.74) is -2.33. The second-order valence-electron chi connectivity index (χ2n) is 11.7. The number of esters is 2. The maximum absolute atomic E-state index is 13.0. The van der Waals surface area contributed by atoms with Crippen molar-refractivity contribution < 1.29 is 28.2 Å². The molecule has 10 nitrogen and oxygen atoms in total. The zero-order valence-electron chi connectivity index (χ0n) is 24.2. The van der Waals surface area contributed by atoms with Gasteiger partial charge in [0.15, 0.2) is 20.1 Å². The molecule has 3 aromatic rings. The number of hydrogen-bond donors (Lipinski definition) is 1. The quantitative estimate of drug-likeness (QED) is 0.212. The Labute approximate surface area is 249 Å². The summed E-state index contributed by atoms with van der Waals surface area (Å²) in [6.07, 6.45) is -0.875. The summed E-state index contributed by atoms with van der Waals surface area (Å²) in [5.74, 6) is -1.26. The monoisotopic (exact) mass is 614 g/mol. The lowest BCUT2D eigenvalue weighted by Gasteiger charge is -2.43. The fourth-order valence-corrected chi connectivity index (χ4v) is 6.17. The summed E-state index contributed by atoms with van der Waals surface area (Å²) in [7, 11) is -2.58. The molecule has 2 aromatic carbocycles.